The third-order valence-corrected chi connectivity index (χ3v) is 4.70. The molecule has 0 aromatic carbocycles. The molecule has 8 heteroatoms. The smallest absolute Gasteiger partial charge is 0.151 e. The number of pyridine rings is 1. The van der Waals surface area contributed by atoms with Gasteiger partial charge in [0.15, 0.2) is 9.84 Å². The number of rotatable bonds is 7. The molecule has 19 heavy (non-hydrogen) atoms. The van der Waals surface area contributed by atoms with Crippen molar-refractivity contribution in [1.82, 2.24) is 4.98 Å². The van der Waals surface area contributed by atoms with E-state index in [9.17, 15) is 8.42 Å². The molecule has 108 valence electrons. The molecule has 1 aromatic heterocycles. The van der Waals surface area contributed by atoms with Gasteiger partial charge in [-0.15, -0.1) is 0 Å². The Balaban J connectivity index is 2.75. The van der Waals surface area contributed by atoms with Crippen LogP contribution in [-0.2, 0) is 9.84 Å². The first-order valence-electron chi connectivity index (χ1n) is 5.93. The van der Waals surface area contributed by atoms with Crippen LogP contribution in [0.25, 0.3) is 0 Å². The number of anilines is 2. The zero-order valence-corrected chi connectivity index (χ0v) is 13.2. The molecule has 1 heterocycles. The number of halogens is 2. The van der Waals surface area contributed by atoms with Crippen LogP contribution in [0.1, 0.15) is 13.8 Å². The highest BCUT2D eigenvalue weighted by Gasteiger charge is 2.11. The SMILES string of the molecule is CCNc1nc(NCCS(=O)(=O)CC)c(Cl)cc1Cl. The molecule has 0 unspecified atom stereocenters. The summed E-state index contributed by atoms with van der Waals surface area (Å²) in [5.41, 5.74) is 0. The molecule has 1 rings (SSSR count). The van der Waals surface area contributed by atoms with E-state index >= 15 is 0 Å². The van der Waals surface area contributed by atoms with Gasteiger partial charge in [0, 0.05) is 18.8 Å². The number of hydrogen-bond acceptors (Lipinski definition) is 5. The molecule has 0 aliphatic heterocycles. The lowest BCUT2D eigenvalue weighted by Crippen LogP contribution is -2.18. The van der Waals surface area contributed by atoms with Gasteiger partial charge in [-0.05, 0) is 13.0 Å². The predicted octanol–water partition coefficient (Wildman–Crippen LogP) is 2.67. The van der Waals surface area contributed by atoms with Gasteiger partial charge in [0.05, 0.1) is 15.8 Å². The van der Waals surface area contributed by atoms with Gasteiger partial charge in [-0.1, -0.05) is 30.1 Å². The predicted molar refractivity (Wildman–Crippen MR) is 81.2 cm³/mol. The first kappa shape index (κ1) is 16.3. The van der Waals surface area contributed by atoms with Crippen LogP contribution in [0, 0.1) is 0 Å². The Morgan fingerprint density at radius 1 is 1.16 bits per heavy atom. The lowest BCUT2D eigenvalue weighted by molar-refractivity contribution is 0.597. The van der Waals surface area contributed by atoms with E-state index in [4.69, 9.17) is 23.2 Å². The van der Waals surface area contributed by atoms with E-state index in [1.54, 1.807) is 13.0 Å². The average Bonchev–Trinajstić information content (AvgIpc) is 2.35. The van der Waals surface area contributed by atoms with Crippen molar-refractivity contribution in [1.29, 1.82) is 0 Å². The van der Waals surface area contributed by atoms with Crippen LogP contribution < -0.4 is 10.6 Å². The van der Waals surface area contributed by atoms with E-state index in [2.05, 4.69) is 15.6 Å². The second kappa shape index (κ2) is 7.17. The maximum Gasteiger partial charge on any atom is 0.151 e. The highest BCUT2D eigenvalue weighted by Crippen LogP contribution is 2.28. The molecule has 0 saturated carbocycles. The van der Waals surface area contributed by atoms with E-state index in [0.29, 0.717) is 28.2 Å². The maximum absolute atomic E-state index is 11.4. The van der Waals surface area contributed by atoms with Crippen LogP contribution in [0.4, 0.5) is 11.6 Å². The quantitative estimate of drug-likeness (QED) is 0.806. The minimum Gasteiger partial charge on any atom is -0.369 e. The lowest BCUT2D eigenvalue weighted by Gasteiger charge is -2.11. The Bertz CT molecular complexity index is 535. The Hall–Kier alpha value is -0.720. The van der Waals surface area contributed by atoms with Gasteiger partial charge >= 0.3 is 0 Å². The first-order chi connectivity index (χ1) is 8.89. The van der Waals surface area contributed by atoms with Gasteiger partial charge < -0.3 is 10.6 Å². The van der Waals surface area contributed by atoms with Crippen molar-refractivity contribution in [2.24, 2.45) is 0 Å². The topological polar surface area (TPSA) is 71.1 Å². The van der Waals surface area contributed by atoms with E-state index < -0.39 is 9.84 Å². The Labute approximate surface area is 123 Å². The molecule has 0 fully saturated rings. The molecule has 0 aliphatic carbocycles. The Morgan fingerprint density at radius 2 is 1.74 bits per heavy atom. The van der Waals surface area contributed by atoms with Crippen LogP contribution >= 0.6 is 23.2 Å². The summed E-state index contributed by atoms with van der Waals surface area (Å²) in [5.74, 6) is 1.11. The van der Waals surface area contributed by atoms with E-state index in [0.717, 1.165) is 0 Å². The molecule has 0 spiro atoms. The van der Waals surface area contributed by atoms with Gasteiger partial charge in [-0.3, -0.25) is 0 Å². The summed E-state index contributed by atoms with van der Waals surface area (Å²) in [4.78, 5) is 4.23. The van der Waals surface area contributed by atoms with Crippen LogP contribution in [0.15, 0.2) is 6.07 Å². The Morgan fingerprint density at radius 3 is 2.26 bits per heavy atom. The fourth-order valence-electron chi connectivity index (χ4n) is 1.35. The monoisotopic (exact) mass is 325 g/mol. The standard InChI is InChI=1S/C11H17Cl2N3O2S/c1-3-14-10-8(12)7-9(13)11(16-10)15-5-6-19(17,18)4-2/h7H,3-6H2,1-2H3,(H2,14,15,16). The van der Waals surface area contributed by atoms with Crippen molar-refractivity contribution < 1.29 is 8.42 Å². The molecule has 0 radical (unpaired) electrons. The summed E-state index contributed by atoms with van der Waals surface area (Å²) >= 11 is 12.0. The fraction of sp³-hybridized carbons (Fsp3) is 0.545. The molecule has 1 aromatic rings. The van der Waals surface area contributed by atoms with Crippen LogP contribution in [0.3, 0.4) is 0 Å². The summed E-state index contributed by atoms with van der Waals surface area (Å²) in [5, 5.41) is 6.70. The molecule has 2 N–H and O–H groups in total. The van der Waals surface area contributed by atoms with E-state index in [1.165, 1.54) is 0 Å². The fourth-order valence-corrected chi connectivity index (χ4v) is 2.55. The van der Waals surface area contributed by atoms with Crippen molar-refractivity contribution in [3.63, 3.8) is 0 Å². The van der Waals surface area contributed by atoms with Crippen LogP contribution in [0.5, 0.6) is 0 Å². The summed E-state index contributed by atoms with van der Waals surface area (Å²) in [7, 11) is -3.01. The largest absolute Gasteiger partial charge is 0.369 e. The second-order valence-electron chi connectivity index (χ2n) is 3.84. The number of nitrogens with zero attached hydrogens (tertiary/aromatic N) is 1. The second-order valence-corrected chi connectivity index (χ2v) is 7.13. The number of hydrogen-bond donors (Lipinski definition) is 2. The lowest BCUT2D eigenvalue weighted by atomic mass is 10.4. The van der Waals surface area contributed by atoms with E-state index in [-0.39, 0.29) is 18.1 Å². The number of nitrogens with one attached hydrogen (secondary N) is 2. The molecule has 0 amide bonds. The van der Waals surface area contributed by atoms with Gasteiger partial charge in [0.25, 0.3) is 0 Å². The summed E-state index contributed by atoms with van der Waals surface area (Å²) in [6, 6.07) is 1.57. The summed E-state index contributed by atoms with van der Waals surface area (Å²) < 4.78 is 22.7. The molecule has 0 aliphatic rings. The minimum atomic E-state index is -3.01. The summed E-state index contributed by atoms with van der Waals surface area (Å²) in [6.07, 6.45) is 0. The van der Waals surface area contributed by atoms with Crippen molar-refractivity contribution in [3.05, 3.63) is 16.1 Å². The normalized spacial score (nSPS) is 11.4. The zero-order chi connectivity index (χ0) is 14.5. The molecular weight excluding hydrogens is 309 g/mol. The third-order valence-electron chi connectivity index (χ3n) is 2.42. The minimum absolute atomic E-state index is 0.0423. The van der Waals surface area contributed by atoms with Crippen molar-refractivity contribution in [2.45, 2.75) is 13.8 Å². The first-order valence-corrected chi connectivity index (χ1v) is 8.51. The molecule has 0 saturated heterocycles. The van der Waals surface area contributed by atoms with Crippen molar-refractivity contribution >= 4 is 44.7 Å². The van der Waals surface area contributed by atoms with Gasteiger partial charge in [-0.2, -0.15) is 0 Å². The highest BCUT2D eigenvalue weighted by molar-refractivity contribution is 7.91. The maximum atomic E-state index is 11.4. The third kappa shape index (κ3) is 5.04. The zero-order valence-electron chi connectivity index (χ0n) is 10.8. The Kier molecular flexibility index (Phi) is 6.16. The molecule has 0 bridgehead atoms. The van der Waals surface area contributed by atoms with Crippen LogP contribution in [-0.4, -0.2) is 38.0 Å². The molecular formula is C11H17Cl2N3O2S. The molecule has 0 atom stereocenters. The average molecular weight is 326 g/mol. The number of aromatic nitrogens is 1. The molecule has 5 nitrogen and oxygen atoms in total. The van der Waals surface area contributed by atoms with Crippen molar-refractivity contribution in [3.8, 4) is 0 Å². The van der Waals surface area contributed by atoms with Crippen LogP contribution in [0.2, 0.25) is 10.0 Å². The van der Waals surface area contributed by atoms with E-state index in [1.807, 2.05) is 6.92 Å². The summed E-state index contributed by atoms with van der Waals surface area (Å²) in [6.45, 7) is 4.48. The van der Waals surface area contributed by atoms with Crippen molar-refractivity contribution in [2.75, 3.05) is 35.2 Å². The van der Waals surface area contributed by atoms with Gasteiger partial charge in [0.2, 0.25) is 0 Å². The van der Waals surface area contributed by atoms with Gasteiger partial charge in [0.1, 0.15) is 11.6 Å². The highest BCUT2D eigenvalue weighted by atomic mass is 35.5. The van der Waals surface area contributed by atoms with Gasteiger partial charge in [-0.25, -0.2) is 13.4 Å². The number of sulfone groups is 1.